The largest absolute Gasteiger partial charge is 0.155 e. The van der Waals surface area contributed by atoms with Crippen LogP contribution in [0, 0.1) is 0 Å². The maximum Gasteiger partial charge on any atom is 0.00501 e. The fourth-order valence-corrected chi connectivity index (χ4v) is 7.21. The van der Waals surface area contributed by atoms with Gasteiger partial charge < -0.3 is 0 Å². The van der Waals surface area contributed by atoms with Gasteiger partial charge in [-0.3, -0.25) is 0 Å². The minimum absolute atomic E-state index is 0.894. The van der Waals surface area contributed by atoms with Crippen molar-refractivity contribution in [2.75, 3.05) is 10.7 Å². The number of alkyl halides is 2. The van der Waals surface area contributed by atoms with Gasteiger partial charge in [-0.05, 0) is 38.5 Å². The number of thioether (sulfide) groups is 1. The lowest BCUT2D eigenvalue weighted by atomic mass is 10.0. The molecule has 0 aromatic carbocycles. The minimum atomic E-state index is 0.894. The summed E-state index contributed by atoms with van der Waals surface area (Å²) in [6, 6.07) is 0. The van der Waals surface area contributed by atoms with Gasteiger partial charge in [0.05, 0.1) is 0 Å². The molecule has 2 unspecified atom stereocenters. The average Bonchev–Trinajstić information content (AvgIpc) is 2.83. The topological polar surface area (TPSA) is 0 Å². The SMILES string of the molecule is CCCCCCCCCCCC(CCCBr)SC(CCCBr)CCCCCCCCCCC. The first-order valence-electron chi connectivity index (χ1n) is 15.1. The second-order valence-corrected chi connectivity index (χ2v) is 13.5. The smallest absolute Gasteiger partial charge is 0.00501 e. The first-order valence-corrected chi connectivity index (χ1v) is 18.2. The highest BCUT2D eigenvalue weighted by molar-refractivity contribution is 9.09. The van der Waals surface area contributed by atoms with Crippen LogP contribution in [0.2, 0.25) is 0 Å². The highest BCUT2D eigenvalue weighted by Gasteiger charge is 2.16. The molecule has 0 saturated heterocycles. The Labute approximate surface area is 231 Å². The second kappa shape index (κ2) is 29.5. The third kappa shape index (κ3) is 26.2. The van der Waals surface area contributed by atoms with Crippen molar-refractivity contribution in [3.63, 3.8) is 0 Å². The standard InChI is InChI=1S/C30H60Br2S/c1-3-5-7-9-11-13-15-17-19-23-29(25-21-27-31)33-30(26-22-28-32)24-20-18-16-14-12-10-8-6-4-2/h29-30H,3-28H2,1-2H3. The third-order valence-electron chi connectivity index (χ3n) is 6.96. The summed E-state index contributed by atoms with van der Waals surface area (Å²) in [5.74, 6) is 0. The normalized spacial score (nSPS) is 13.5. The number of halogens is 2. The maximum absolute atomic E-state index is 3.68. The van der Waals surface area contributed by atoms with E-state index in [-0.39, 0.29) is 0 Å². The molecule has 0 aromatic rings. The van der Waals surface area contributed by atoms with Crippen LogP contribution < -0.4 is 0 Å². The molecule has 2 atom stereocenters. The molecule has 0 heterocycles. The lowest BCUT2D eigenvalue weighted by Crippen LogP contribution is -2.13. The molecule has 33 heavy (non-hydrogen) atoms. The van der Waals surface area contributed by atoms with E-state index in [0.29, 0.717) is 0 Å². The Kier molecular flexibility index (Phi) is 30.7. The lowest BCUT2D eigenvalue weighted by Gasteiger charge is -2.24. The zero-order valence-electron chi connectivity index (χ0n) is 22.7. The van der Waals surface area contributed by atoms with Gasteiger partial charge in [-0.1, -0.05) is 161 Å². The van der Waals surface area contributed by atoms with Gasteiger partial charge in [-0.15, -0.1) is 0 Å². The Morgan fingerprint density at radius 3 is 0.970 bits per heavy atom. The first-order chi connectivity index (χ1) is 16.3. The van der Waals surface area contributed by atoms with Crippen LogP contribution in [0.1, 0.15) is 168 Å². The number of rotatable bonds is 28. The Morgan fingerprint density at radius 1 is 0.394 bits per heavy atom. The molecule has 0 radical (unpaired) electrons. The molecule has 0 aliphatic carbocycles. The summed E-state index contributed by atoms with van der Waals surface area (Å²) in [5, 5.41) is 4.13. The monoisotopic (exact) mass is 610 g/mol. The Hall–Kier alpha value is 1.31. The van der Waals surface area contributed by atoms with Gasteiger partial charge >= 0.3 is 0 Å². The molecule has 0 rings (SSSR count). The lowest BCUT2D eigenvalue weighted by molar-refractivity contribution is 0.539. The summed E-state index contributed by atoms with van der Waals surface area (Å²) in [7, 11) is 0. The van der Waals surface area contributed by atoms with Crippen LogP contribution in [0.3, 0.4) is 0 Å². The molecule has 3 heteroatoms. The van der Waals surface area contributed by atoms with E-state index in [1.807, 2.05) is 0 Å². The minimum Gasteiger partial charge on any atom is -0.155 e. The molecule has 0 N–H and O–H groups in total. The summed E-state index contributed by atoms with van der Waals surface area (Å²) >= 11 is 9.75. The molecule has 0 aromatic heterocycles. The summed E-state index contributed by atoms with van der Waals surface area (Å²) in [5.41, 5.74) is 0. The van der Waals surface area contributed by atoms with Crippen LogP contribution in [0.25, 0.3) is 0 Å². The van der Waals surface area contributed by atoms with Gasteiger partial charge in [-0.2, -0.15) is 11.8 Å². The molecule has 0 saturated carbocycles. The molecule has 0 aliphatic rings. The van der Waals surface area contributed by atoms with Crippen molar-refractivity contribution in [1.82, 2.24) is 0 Å². The average molecular weight is 613 g/mol. The highest BCUT2D eigenvalue weighted by atomic mass is 79.9. The zero-order chi connectivity index (χ0) is 24.2. The molecule has 0 aliphatic heterocycles. The summed E-state index contributed by atoms with van der Waals surface area (Å²) in [6.45, 7) is 4.62. The number of hydrogen-bond acceptors (Lipinski definition) is 1. The van der Waals surface area contributed by atoms with E-state index in [0.717, 1.165) is 10.5 Å². The van der Waals surface area contributed by atoms with Gasteiger partial charge in [0, 0.05) is 21.2 Å². The highest BCUT2D eigenvalue weighted by Crippen LogP contribution is 2.32. The summed E-state index contributed by atoms with van der Waals surface area (Å²) in [6.07, 6.45) is 34.5. The Bertz CT molecular complexity index is 318. The van der Waals surface area contributed by atoms with Crippen molar-refractivity contribution in [2.24, 2.45) is 0 Å². The molecule has 0 spiro atoms. The van der Waals surface area contributed by atoms with E-state index < -0.39 is 0 Å². The molecular formula is C30H60Br2S. The van der Waals surface area contributed by atoms with Crippen molar-refractivity contribution in [3.8, 4) is 0 Å². The first kappa shape index (κ1) is 34.3. The van der Waals surface area contributed by atoms with Gasteiger partial charge in [0.2, 0.25) is 0 Å². The van der Waals surface area contributed by atoms with E-state index in [1.165, 1.54) is 165 Å². The predicted octanol–water partition coefficient (Wildman–Crippen LogP) is 12.6. The Morgan fingerprint density at radius 2 is 0.667 bits per heavy atom. The fourth-order valence-electron chi connectivity index (χ4n) is 4.81. The van der Waals surface area contributed by atoms with E-state index >= 15 is 0 Å². The molecule has 0 nitrogen and oxygen atoms in total. The fraction of sp³-hybridized carbons (Fsp3) is 1.00. The van der Waals surface area contributed by atoms with Crippen LogP contribution in [0.4, 0.5) is 0 Å². The maximum atomic E-state index is 3.68. The molecule has 0 bridgehead atoms. The second-order valence-electron chi connectivity index (χ2n) is 10.3. The molecular weight excluding hydrogens is 552 g/mol. The van der Waals surface area contributed by atoms with Crippen molar-refractivity contribution >= 4 is 43.6 Å². The van der Waals surface area contributed by atoms with Crippen LogP contribution in [-0.4, -0.2) is 21.2 Å². The Balaban J connectivity index is 4.10. The van der Waals surface area contributed by atoms with Crippen molar-refractivity contribution in [3.05, 3.63) is 0 Å². The van der Waals surface area contributed by atoms with Crippen LogP contribution in [-0.2, 0) is 0 Å². The number of hydrogen-bond donors (Lipinski definition) is 0. The quantitative estimate of drug-likeness (QED) is 0.0626. The van der Waals surface area contributed by atoms with Crippen LogP contribution in [0.5, 0.6) is 0 Å². The molecule has 0 fully saturated rings. The molecule has 0 amide bonds. The van der Waals surface area contributed by atoms with Crippen molar-refractivity contribution in [2.45, 2.75) is 178 Å². The molecule has 200 valence electrons. The third-order valence-corrected chi connectivity index (χ3v) is 9.80. The van der Waals surface area contributed by atoms with E-state index in [2.05, 4.69) is 57.5 Å². The van der Waals surface area contributed by atoms with E-state index in [4.69, 9.17) is 0 Å². The van der Waals surface area contributed by atoms with Crippen molar-refractivity contribution in [1.29, 1.82) is 0 Å². The number of unbranched alkanes of at least 4 members (excludes halogenated alkanes) is 16. The summed E-state index contributed by atoms with van der Waals surface area (Å²) in [4.78, 5) is 0. The van der Waals surface area contributed by atoms with E-state index in [9.17, 15) is 0 Å². The predicted molar refractivity (Wildman–Crippen MR) is 165 cm³/mol. The van der Waals surface area contributed by atoms with Gasteiger partial charge in [0.1, 0.15) is 0 Å². The van der Waals surface area contributed by atoms with Crippen LogP contribution in [0.15, 0.2) is 0 Å². The van der Waals surface area contributed by atoms with Crippen molar-refractivity contribution < 1.29 is 0 Å². The van der Waals surface area contributed by atoms with E-state index in [1.54, 1.807) is 0 Å². The zero-order valence-corrected chi connectivity index (χ0v) is 26.7. The van der Waals surface area contributed by atoms with Crippen LogP contribution >= 0.6 is 43.6 Å². The van der Waals surface area contributed by atoms with Gasteiger partial charge in [0.25, 0.3) is 0 Å². The summed E-state index contributed by atoms with van der Waals surface area (Å²) < 4.78 is 0. The van der Waals surface area contributed by atoms with Gasteiger partial charge in [0.15, 0.2) is 0 Å². The van der Waals surface area contributed by atoms with Gasteiger partial charge in [-0.25, -0.2) is 0 Å².